The Morgan fingerprint density at radius 2 is 1.91 bits per heavy atom. The standard InChI is InChI=1S/C18H18F2N8O.2C2H2/c1-27(17(29)13-5-6-22-25-13)7-3-2-4-14-23-16-11-8-10(19)9-12(20)15(11)24-18(21)28(16)26-14;2*1-2/h5-6,8-9H,2-4,7H2,1H3,(H2,21,24)(H,22,25);2*1-2H. The van der Waals surface area contributed by atoms with Gasteiger partial charge >= 0.3 is 0 Å². The molecule has 170 valence electrons. The summed E-state index contributed by atoms with van der Waals surface area (Å²) in [5.74, 6) is -1.20. The number of terminal acetylenes is 2. The molecule has 11 heteroatoms. The monoisotopic (exact) mass is 452 g/mol. The predicted molar refractivity (Wildman–Crippen MR) is 121 cm³/mol. The molecule has 33 heavy (non-hydrogen) atoms. The Hall–Kier alpha value is -4.51. The molecular weight excluding hydrogens is 430 g/mol. The Morgan fingerprint density at radius 1 is 1.18 bits per heavy atom. The summed E-state index contributed by atoms with van der Waals surface area (Å²) in [5.41, 5.74) is 6.50. The van der Waals surface area contributed by atoms with Gasteiger partial charge in [-0.1, -0.05) is 0 Å². The molecule has 0 aliphatic carbocycles. The van der Waals surface area contributed by atoms with Crippen LogP contribution in [0.1, 0.15) is 29.2 Å². The molecule has 0 aliphatic heterocycles. The van der Waals surface area contributed by atoms with Gasteiger partial charge in [0.1, 0.15) is 17.0 Å². The fourth-order valence-electron chi connectivity index (χ4n) is 3.12. The number of fused-ring (bicyclic) bond motifs is 3. The molecule has 4 rings (SSSR count). The van der Waals surface area contributed by atoms with Crippen molar-refractivity contribution in [1.82, 2.24) is 34.7 Å². The van der Waals surface area contributed by atoms with Crippen molar-refractivity contribution in [2.75, 3.05) is 19.3 Å². The number of carbonyl (C=O) groups excluding carboxylic acids is 1. The number of hydrogen-bond donors (Lipinski definition) is 2. The number of halogens is 2. The molecule has 0 bridgehead atoms. The fourth-order valence-corrected chi connectivity index (χ4v) is 3.12. The smallest absolute Gasteiger partial charge is 0.271 e. The maximum absolute atomic E-state index is 14.0. The van der Waals surface area contributed by atoms with Gasteiger partial charge in [0.25, 0.3) is 5.91 Å². The Bertz CT molecular complexity index is 1270. The van der Waals surface area contributed by atoms with E-state index in [1.54, 1.807) is 18.0 Å². The van der Waals surface area contributed by atoms with Crippen LogP contribution < -0.4 is 5.73 Å². The van der Waals surface area contributed by atoms with Crippen LogP contribution in [0, 0.1) is 37.3 Å². The third kappa shape index (κ3) is 5.40. The molecule has 3 heterocycles. The van der Waals surface area contributed by atoms with Crippen molar-refractivity contribution in [2.24, 2.45) is 0 Å². The lowest BCUT2D eigenvalue weighted by molar-refractivity contribution is 0.0787. The van der Waals surface area contributed by atoms with Crippen LogP contribution in [0.4, 0.5) is 14.7 Å². The van der Waals surface area contributed by atoms with E-state index in [4.69, 9.17) is 5.73 Å². The van der Waals surface area contributed by atoms with Gasteiger partial charge in [-0.15, -0.1) is 30.8 Å². The summed E-state index contributed by atoms with van der Waals surface area (Å²) in [5, 5.41) is 10.9. The number of anilines is 1. The minimum absolute atomic E-state index is 0.0263. The van der Waals surface area contributed by atoms with E-state index >= 15 is 0 Å². The van der Waals surface area contributed by atoms with Crippen LogP contribution in [-0.2, 0) is 6.42 Å². The number of aryl methyl sites for hydroxylation is 1. The molecule has 3 N–H and O–H groups in total. The first kappa shape index (κ1) is 24.8. The molecule has 0 saturated carbocycles. The quantitative estimate of drug-likeness (QED) is 0.343. The number of nitrogens with one attached hydrogen (secondary N) is 1. The molecule has 0 atom stereocenters. The predicted octanol–water partition coefficient (Wildman–Crippen LogP) is 2.45. The van der Waals surface area contributed by atoms with Gasteiger partial charge in [-0.25, -0.2) is 18.7 Å². The normalized spacial score (nSPS) is 10.2. The van der Waals surface area contributed by atoms with Gasteiger partial charge in [0.2, 0.25) is 5.95 Å². The number of H-pyrrole nitrogens is 1. The molecule has 9 nitrogen and oxygen atoms in total. The van der Waals surface area contributed by atoms with Crippen LogP contribution in [0.25, 0.3) is 16.6 Å². The Labute approximate surface area is 189 Å². The number of nitrogens with two attached hydrogens (primary N) is 1. The topological polar surface area (TPSA) is 118 Å². The zero-order chi connectivity index (χ0) is 24.5. The zero-order valence-electron chi connectivity index (χ0n) is 17.9. The molecule has 1 aromatic carbocycles. The number of nitrogen functional groups attached to an aromatic ring is 1. The Morgan fingerprint density at radius 3 is 2.58 bits per heavy atom. The van der Waals surface area contributed by atoms with E-state index in [0.29, 0.717) is 30.9 Å². The van der Waals surface area contributed by atoms with Crippen molar-refractivity contribution in [3.8, 4) is 25.7 Å². The Balaban J connectivity index is 0.000000914. The van der Waals surface area contributed by atoms with E-state index < -0.39 is 11.6 Å². The van der Waals surface area contributed by atoms with Gasteiger partial charge in [0.05, 0.1) is 5.39 Å². The molecular formula is C22H22F2N8O. The van der Waals surface area contributed by atoms with Crippen molar-refractivity contribution in [3.05, 3.63) is 47.5 Å². The summed E-state index contributed by atoms with van der Waals surface area (Å²) in [6.07, 6.45) is 19.5. The molecule has 0 unspecified atom stereocenters. The maximum atomic E-state index is 14.0. The molecule has 4 aromatic rings. The minimum Gasteiger partial charge on any atom is -0.368 e. The largest absolute Gasteiger partial charge is 0.368 e. The number of rotatable bonds is 6. The Kier molecular flexibility index (Phi) is 8.41. The SMILES string of the molecule is C#C.C#C.CN(CCCCc1nc2c3cc(F)cc(F)c3nc(N)n2n1)C(=O)c1ccn[nH]1. The number of benzene rings is 1. The number of carbonyl (C=O) groups is 1. The summed E-state index contributed by atoms with van der Waals surface area (Å²) < 4.78 is 28.9. The molecule has 0 aliphatic rings. The molecule has 1 amide bonds. The van der Waals surface area contributed by atoms with E-state index in [0.717, 1.165) is 18.6 Å². The van der Waals surface area contributed by atoms with Gasteiger partial charge in [-0.3, -0.25) is 9.89 Å². The maximum Gasteiger partial charge on any atom is 0.271 e. The van der Waals surface area contributed by atoms with E-state index in [9.17, 15) is 13.6 Å². The first-order valence-corrected chi connectivity index (χ1v) is 9.65. The van der Waals surface area contributed by atoms with E-state index in [-0.39, 0.29) is 28.4 Å². The highest BCUT2D eigenvalue weighted by Crippen LogP contribution is 2.23. The van der Waals surface area contributed by atoms with Gasteiger partial charge in [0, 0.05) is 32.3 Å². The molecule has 3 aromatic heterocycles. The highest BCUT2D eigenvalue weighted by atomic mass is 19.1. The second-order valence-corrected chi connectivity index (χ2v) is 6.67. The summed E-state index contributed by atoms with van der Waals surface area (Å²) >= 11 is 0. The molecule has 0 spiro atoms. The van der Waals surface area contributed by atoms with Gasteiger partial charge in [-0.05, 0) is 25.0 Å². The van der Waals surface area contributed by atoms with Crippen LogP contribution >= 0.6 is 0 Å². The van der Waals surface area contributed by atoms with E-state index in [1.165, 1.54) is 10.7 Å². The van der Waals surface area contributed by atoms with Crippen molar-refractivity contribution in [1.29, 1.82) is 0 Å². The summed E-state index contributed by atoms with van der Waals surface area (Å²) in [4.78, 5) is 22.1. The lowest BCUT2D eigenvalue weighted by Crippen LogP contribution is -2.28. The minimum atomic E-state index is -0.802. The zero-order valence-corrected chi connectivity index (χ0v) is 17.9. The number of nitrogens with zero attached hydrogens (tertiary/aromatic N) is 6. The van der Waals surface area contributed by atoms with Crippen LogP contribution in [-0.4, -0.2) is 54.2 Å². The average molecular weight is 452 g/mol. The molecule has 0 saturated heterocycles. The van der Waals surface area contributed by atoms with Crippen molar-refractivity contribution in [2.45, 2.75) is 19.3 Å². The van der Waals surface area contributed by atoms with Gasteiger partial charge < -0.3 is 10.6 Å². The van der Waals surface area contributed by atoms with Crippen molar-refractivity contribution >= 4 is 28.4 Å². The summed E-state index contributed by atoms with van der Waals surface area (Å²) in [6, 6.07) is 3.53. The number of aromatic nitrogens is 6. The van der Waals surface area contributed by atoms with Crippen molar-refractivity contribution in [3.63, 3.8) is 0 Å². The van der Waals surface area contributed by atoms with Crippen LogP contribution in [0.3, 0.4) is 0 Å². The molecule has 0 fully saturated rings. The van der Waals surface area contributed by atoms with Crippen LogP contribution in [0.5, 0.6) is 0 Å². The van der Waals surface area contributed by atoms with Crippen LogP contribution in [0.2, 0.25) is 0 Å². The van der Waals surface area contributed by atoms with E-state index in [2.05, 4.69) is 51.0 Å². The van der Waals surface area contributed by atoms with Crippen LogP contribution in [0.15, 0.2) is 24.4 Å². The highest BCUT2D eigenvalue weighted by molar-refractivity contribution is 5.93. The fraction of sp³-hybridized carbons (Fsp3) is 0.227. The number of amides is 1. The summed E-state index contributed by atoms with van der Waals surface area (Å²) in [7, 11) is 1.72. The molecule has 0 radical (unpaired) electrons. The third-order valence-electron chi connectivity index (χ3n) is 4.59. The second-order valence-electron chi connectivity index (χ2n) is 6.67. The van der Waals surface area contributed by atoms with Gasteiger partial charge in [-0.2, -0.15) is 9.61 Å². The lowest BCUT2D eigenvalue weighted by atomic mass is 10.2. The van der Waals surface area contributed by atoms with Crippen molar-refractivity contribution < 1.29 is 13.6 Å². The lowest BCUT2D eigenvalue weighted by Gasteiger charge is -2.15. The second kappa shape index (κ2) is 11.2. The third-order valence-corrected chi connectivity index (χ3v) is 4.59. The average Bonchev–Trinajstić information content (AvgIpc) is 3.50. The van der Waals surface area contributed by atoms with E-state index in [1.807, 2.05) is 0 Å². The van der Waals surface area contributed by atoms with Gasteiger partial charge in [0.15, 0.2) is 17.3 Å². The highest BCUT2D eigenvalue weighted by Gasteiger charge is 2.16. The first-order chi connectivity index (χ1) is 15.9. The number of unbranched alkanes of at least 4 members (excludes halogenated alkanes) is 1. The summed E-state index contributed by atoms with van der Waals surface area (Å²) in [6.45, 7) is 0.550. The number of aromatic amines is 1. The first-order valence-electron chi connectivity index (χ1n) is 9.65. The number of hydrogen-bond acceptors (Lipinski definition) is 6.